The van der Waals surface area contributed by atoms with Crippen molar-refractivity contribution in [2.75, 3.05) is 25.6 Å². The van der Waals surface area contributed by atoms with Crippen LogP contribution < -0.4 is 14.8 Å². The van der Waals surface area contributed by atoms with Gasteiger partial charge in [-0.1, -0.05) is 13.3 Å². The molecule has 16 heavy (non-hydrogen) atoms. The van der Waals surface area contributed by atoms with E-state index in [2.05, 4.69) is 22.2 Å². The van der Waals surface area contributed by atoms with E-state index in [1.54, 1.807) is 7.11 Å². The average molecular weight is 225 g/mol. The van der Waals surface area contributed by atoms with Gasteiger partial charge < -0.3 is 14.8 Å². The molecule has 0 unspecified atom stereocenters. The molecule has 0 fully saturated rings. The van der Waals surface area contributed by atoms with Crippen LogP contribution in [0.1, 0.15) is 26.7 Å². The molecular weight excluding hydrogens is 206 g/mol. The minimum atomic E-state index is 0.502. The molecule has 5 heteroatoms. The van der Waals surface area contributed by atoms with Gasteiger partial charge in [0, 0.05) is 6.54 Å². The zero-order chi connectivity index (χ0) is 11.8. The van der Waals surface area contributed by atoms with E-state index in [-0.39, 0.29) is 0 Å². The van der Waals surface area contributed by atoms with Crippen LogP contribution in [0.15, 0.2) is 6.33 Å². The lowest BCUT2D eigenvalue weighted by molar-refractivity contribution is 0.276. The molecule has 1 aromatic heterocycles. The van der Waals surface area contributed by atoms with Crippen LogP contribution in [0, 0.1) is 0 Å². The van der Waals surface area contributed by atoms with Crippen molar-refractivity contribution in [2.45, 2.75) is 26.7 Å². The van der Waals surface area contributed by atoms with Crippen molar-refractivity contribution in [1.82, 2.24) is 9.97 Å². The molecule has 0 aliphatic heterocycles. The second-order valence-corrected chi connectivity index (χ2v) is 3.29. The third kappa shape index (κ3) is 3.25. The summed E-state index contributed by atoms with van der Waals surface area (Å²) in [5.74, 6) is 1.74. The van der Waals surface area contributed by atoms with E-state index >= 15 is 0 Å². The van der Waals surface area contributed by atoms with E-state index in [4.69, 9.17) is 9.47 Å². The van der Waals surface area contributed by atoms with Crippen molar-refractivity contribution in [3.8, 4) is 11.6 Å². The highest BCUT2D eigenvalue weighted by molar-refractivity contribution is 5.54. The molecular formula is C11H19N3O2. The summed E-state index contributed by atoms with van der Waals surface area (Å²) in [5.41, 5.74) is 0. The molecule has 0 radical (unpaired) electrons. The zero-order valence-corrected chi connectivity index (χ0v) is 10.1. The lowest BCUT2D eigenvalue weighted by Gasteiger charge is -2.12. The molecule has 0 spiro atoms. The Balaban J connectivity index is 2.77. The summed E-state index contributed by atoms with van der Waals surface area (Å²) >= 11 is 0. The summed E-state index contributed by atoms with van der Waals surface area (Å²) < 4.78 is 10.8. The Bertz CT molecular complexity index is 318. The van der Waals surface area contributed by atoms with Gasteiger partial charge in [-0.2, -0.15) is 4.98 Å². The third-order valence-electron chi connectivity index (χ3n) is 2.06. The van der Waals surface area contributed by atoms with E-state index in [9.17, 15) is 0 Å². The summed E-state index contributed by atoms with van der Waals surface area (Å²) in [6.07, 6.45) is 3.57. The van der Waals surface area contributed by atoms with Gasteiger partial charge >= 0.3 is 0 Å². The van der Waals surface area contributed by atoms with Gasteiger partial charge in [0.15, 0.2) is 5.82 Å². The van der Waals surface area contributed by atoms with Gasteiger partial charge in [-0.05, 0) is 13.3 Å². The van der Waals surface area contributed by atoms with Crippen LogP contribution in [0.5, 0.6) is 11.6 Å². The topological polar surface area (TPSA) is 56.3 Å². The molecule has 90 valence electrons. The molecule has 0 amide bonds. The molecule has 0 aromatic carbocycles. The van der Waals surface area contributed by atoms with E-state index in [0.29, 0.717) is 24.1 Å². The molecule has 0 bridgehead atoms. The number of nitrogens with one attached hydrogen (secondary N) is 1. The Kier molecular flexibility index (Phi) is 5.39. The maximum atomic E-state index is 5.54. The molecule has 5 nitrogen and oxygen atoms in total. The van der Waals surface area contributed by atoms with Crippen molar-refractivity contribution in [2.24, 2.45) is 0 Å². The highest BCUT2D eigenvalue weighted by Crippen LogP contribution is 2.30. The lowest BCUT2D eigenvalue weighted by Crippen LogP contribution is -2.06. The van der Waals surface area contributed by atoms with Crippen LogP contribution in [0.3, 0.4) is 0 Å². The average Bonchev–Trinajstić information content (AvgIpc) is 2.30. The fraction of sp³-hybridized carbons (Fsp3) is 0.636. The summed E-state index contributed by atoms with van der Waals surface area (Å²) in [7, 11) is 1.59. The van der Waals surface area contributed by atoms with Gasteiger partial charge in [-0.15, -0.1) is 0 Å². The number of aromatic nitrogens is 2. The smallest absolute Gasteiger partial charge is 0.262 e. The number of hydrogen-bond acceptors (Lipinski definition) is 5. The largest absolute Gasteiger partial charge is 0.489 e. The highest BCUT2D eigenvalue weighted by Gasteiger charge is 2.12. The Morgan fingerprint density at radius 1 is 1.31 bits per heavy atom. The Morgan fingerprint density at radius 3 is 2.75 bits per heavy atom. The van der Waals surface area contributed by atoms with Crippen LogP contribution >= 0.6 is 0 Å². The third-order valence-corrected chi connectivity index (χ3v) is 2.06. The van der Waals surface area contributed by atoms with Gasteiger partial charge in [-0.3, -0.25) is 0 Å². The van der Waals surface area contributed by atoms with E-state index in [0.717, 1.165) is 19.4 Å². The summed E-state index contributed by atoms with van der Waals surface area (Å²) in [6, 6.07) is 0. The zero-order valence-electron chi connectivity index (χ0n) is 10.1. The summed E-state index contributed by atoms with van der Waals surface area (Å²) in [4.78, 5) is 8.17. The lowest BCUT2D eigenvalue weighted by atomic mass is 10.4. The minimum absolute atomic E-state index is 0.502. The molecule has 1 rings (SSSR count). The number of ether oxygens (including phenoxy) is 2. The fourth-order valence-corrected chi connectivity index (χ4v) is 1.25. The molecule has 0 saturated heterocycles. The molecule has 0 saturated carbocycles. The monoisotopic (exact) mass is 225 g/mol. The molecule has 0 aliphatic rings. The van der Waals surface area contributed by atoms with Crippen molar-refractivity contribution in [3.63, 3.8) is 0 Å². The number of rotatable bonds is 7. The molecule has 1 N–H and O–H groups in total. The number of unbranched alkanes of at least 4 members (excludes halogenated alkanes) is 1. The fourth-order valence-electron chi connectivity index (χ4n) is 1.25. The first-order chi connectivity index (χ1) is 7.83. The van der Waals surface area contributed by atoms with Crippen LogP contribution in [0.25, 0.3) is 0 Å². The first-order valence-electron chi connectivity index (χ1n) is 5.59. The number of anilines is 1. The van der Waals surface area contributed by atoms with E-state index < -0.39 is 0 Å². The predicted molar refractivity (Wildman–Crippen MR) is 63.2 cm³/mol. The van der Waals surface area contributed by atoms with Crippen LogP contribution in [-0.2, 0) is 0 Å². The second-order valence-electron chi connectivity index (χ2n) is 3.29. The van der Waals surface area contributed by atoms with E-state index in [1.807, 2.05) is 6.92 Å². The number of nitrogens with zero attached hydrogens (tertiary/aromatic N) is 2. The summed E-state index contributed by atoms with van der Waals surface area (Å²) in [6.45, 7) is 5.54. The number of hydrogen-bond donors (Lipinski definition) is 1. The minimum Gasteiger partial charge on any atom is -0.489 e. The van der Waals surface area contributed by atoms with Gasteiger partial charge in [0.05, 0.1) is 13.7 Å². The SMILES string of the molecule is CCCCOc1ncnc(NCC)c1OC. The second kappa shape index (κ2) is 6.87. The van der Waals surface area contributed by atoms with Crippen molar-refractivity contribution >= 4 is 5.82 Å². The Labute approximate surface area is 96.2 Å². The van der Waals surface area contributed by atoms with Gasteiger partial charge in [-0.25, -0.2) is 4.98 Å². The van der Waals surface area contributed by atoms with E-state index in [1.165, 1.54) is 6.33 Å². The van der Waals surface area contributed by atoms with Gasteiger partial charge in [0.2, 0.25) is 5.75 Å². The van der Waals surface area contributed by atoms with Crippen LogP contribution in [-0.4, -0.2) is 30.2 Å². The maximum Gasteiger partial charge on any atom is 0.262 e. The first kappa shape index (κ1) is 12.5. The van der Waals surface area contributed by atoms with Gasteiger partial charge in [0.1, 0.15) is 6.33 Å². The molecule has 1 heterocycles. The molecule has 0 aliphatic carbocycles. The van der Waals surface area contributed by atoms with Crippen molar-refractivity contribution in [1.29, 1.82) is 0 Å². The summed E-state index contributed by atoms with van der Waals surface area (Å²) in [5, 5.41) is 3.10. The van der Waals surface area contributed by atoms with Gasteiger partial charge in [0.25, 0.3) is 5.88 Å². The quantitative estimate of drug-likeness (QED) is 0.720. The normalized spacial score (nSPS) is 9.94. The van der Waals surface area contributed by atoms with Crippen LogP contribution in [0.4, 0.5) is 5.82 Å². The maximum absolute atomic E-state index is 5.54. The van der Waals surface area contributed by atoms with Crippen molar-refractivity contribution < 1.29 is 9.47 Å². The molecule has 1 aromatic rings. The Hall–Kier alpha value is -1.52. The Morgan fingerprint density at radius 2 is 2.12 bits per heavy atom. The molecule has 0 atom stereocenters. The predicted octanol–water partition coefficient (Wildman–Crippen LogP) is 2.10. The highest BCUT2D eigenvalue weighted by atomic mass is 16.5. The number of methoxy groups -OCH3 is 1. The standard InChI is InChI=1S/C11H19N3O2/c1-4-6-7-16-11-9(15-3)10(12-5-2)13-8-14-11/h8H,4-7H2,1-3H3,(H,12,13,14). The first-order valence-corrected chi connectivity index (χ1v) is 5.59. The van der Waals surface area contributed by atoms with Crippen molar-refractivity contribution in [3.05, 3.63) is 6.33 Å². The van der Waals surface area contributed by atoms with Crippen LogP contribution in [0.2, 0.25) is 0 Å².